The molecular formula is C23H20O3S. The van der Waals surface area contributed by atoms with E-state index in [1.807, 2.05) is 54.6 Å². The van der Waals surface area contributed by atoms with Crippen molar-refractivity contribution in [2.75, 3.05) is 5.75 Å². The van der Waals surface area contributed by atoms with Crippen molar-refractivity contribution in [1.82, 2.24) is 0 Å². The van der Waals surface area contributed by atoms with Crippen LogP contribution in [-0.4, -0.2) is 17.5 Å². The summed E-state index contributed by atoms with van der Waals surface area (Å²) < 4.78 is 5.59. The van der Waals surface area contributed by atoms with Gasteiger partial charge in [-0.2, -0.15) is 0 Å². The maximum Gasteiger partial charge on any atom is 0.307 e. The van der Waals surface area contributed by atoms with Crippen LogP contribution in [0, 0.1) is 0 Å². The van der Waals surface area contributed by atoms with Gasteiger partial charge in [-0.05, 0) is 12.1 Å². The molecule has 3 nitrogen and oxygen atoms in total. The fourth-order valence-corrected chi connectivity index (χ4v) is 3.47. The molecule has 3 aromatic carbocycles. The SMILES string of the molecule is O=C(CCSc1ccccc1)OC(C(=O)c1ccccc1)c1ccccc1. The first-order valence-electron chi connectivity index (χ1n) is 8.75. The number of esters is 1. The van der Waals surface area contributed by atoms with Crippen LogP contribution in [-0.2, 0) is 9.53 Å². The number of Topliss-reactive ketones (excluding diaryl/α,β-unsaturated/α-hetero) is 1. The van der Waals surface area contributed by atoms with Gasteiger partial charge in [-0.3, -0.25) is 9.59 Å². The van der Waals surface area contributed by atoms with Gasteiger partial charge in [-0.25, -0.2) is 0 Å². The minimum absolute atomic E-state index is 0.217. The predicted octanol–water partition coefficient (Wildman–Crippen LogP) is 5.34. The summed E-state index contributed by atoms with van der Waals surface area (Å²) in [5, 5.41) is 0. The molecule has 3 aromatic rings. The topological polar surface area (TPSA) is 43.4 Å². The van der Waals surface area contributed by atoms with Crippen LogP contribution in [0.1, 0.15) is 28.4 Å². The zero-order chi connectivity index (χ0) is 18.9. The molecule has 0 aromatic heterocycles. The van der Waals surface area contributed by atoms with E-state index in [1.165, 1.54) is 0 Å². The molecular weight excluding hydrogens is 356 g/mol. The van der Waals surface area contributed by atoms with Gasteiger partial charge in [0.1, 0.15) is 0 Å². The Kier molecular flexibility index (Phi) is 6.83. The number of ketones is 1. The Morgan fingerprint density at radius 3 is 1.96 bits per heavy atom. The molecule has 1 unspecified atom stereocenters. The van der Waals surface area contributed by atoms with Crippen LogP contribution in [0.2, 0.25) is 0 Å². The van der Waals surface area contributed by atoms with Crippen molar-refractivity contribution in [2.45, 2.75) is 17.4 Å². The first-order chi connectivity index (χ1) is 13.2. The van der Waals surface area contributed by atoms with E-state index < -0.39 is 6.10 Å². The molecule has 27 heavy (non-hydrogen) atoms. The van der Waals surface area contributed by atoms with Gasteiger partial charge < -0.3 is 4.74 Å². The highest BCUT2D eigenvalue weighted by Crippen LogP contribution is 2.24. The second kappa shape index (κ2) is 9.74. The summed E-state index contributed by atoms with van der Waals surface area (Å²) in [7, 11) is 0. The van der Waals surface area contributed by atoms with Crippen LogP contribution >= 0.6 is 11.8 Å². The van der Waals surface area contributed by atoms with E-state index in [9.17, 15) is 9.59 Å². The molecule has 0 aliphatic heterocycles. The maximum atomic E-state index is 12.9. The minimum Gasteiger partial charge on any atom is -0.449 e. The standard InChI is InChI=1S/C23H20O3S/c24-21(16-17-27-20-14-8-3-9-15-20)26-23(19-12-6-2-7-13-19)22(25)18-10-4-1-5-11-18/h1-15,23H,16-17H2. The zero-order valence-corrected chi connectivity index (χ0v) is 15.6. The third-order valence-corrected chi connectivity index (χ3v) is 4.98. The maximum absolute atomic E-state index is 12.9. The molecule has 0 radical (unpaired) electrons. The third-order valence-electron chi connectivity index (χ3n) is 3.97. The van der Waals surface area contributed by atoms with Gasteiger partial charge in [-0.15, -0.1) is 11.8 Å². The molecule has 0 N–H and O–H groups in total. The number of rotatable bonds is 8. The average molecular weight is 376 g/mol. The minimum atomic E-state index is -0.928. The van der Waals surface area contributed by atoms with E-state index in [-0.39, 0.29) is 18.2 Å². The fraction of sp³-hybridized carbons (Fsp3) is 0.130. The Morgan fingerprint density at radius 1 is 0.778 bits per heavy atom. The summed E-state index contributed by atoms with van der Waals surface area (Å²) in [6.07, 6.45) is -0.687. The van der Waals surface area contributed by atoms with Crippen LogP contribution < -0.4 is 0 Å². The summed E-state index contributed by atoms with van der Waals surface area (Å²) in [5.41, 5.74) is 1.20. The molecule has 0 saturated carbocycles. The van der Waals surface area contributed by atoms with Crippen LogP contribution in [0.4, 0.5) is 0 Å². The molecule has 0 bridgehead atoms. The first kappa shape index (κ1) is 18.9. The molecule has 0 fully saturated rings. The highest BCUT2D eigenvalue weighted by atomic mass is 32.2. The van der Waals surface area contributed by atoms with Gasteiger partial charge in [0.05, 0.1) is 6.42 Å². The molecule has 4 heteroatoms. The van der Waals surface area contributed by atoms with Gasteiger partial charge in [0.15, 0.2) is 6.10 Å². The Labute approximate surface area is 163 Å². The number of hydrogen-bond donors (Lipinski definition) is 0. The largest absolute Gasteiger partial charge is 0.449 e. The first-order valence-corrected chi connectivity index (χ1v) is 9.74. The van der Waals surface area contributed by atoms with Crippen molar-refractivity contribution in [3.8, 4) is 0 Å². The van der Waals surface area contributed by atoms with Crippen molar-refractivity contribution in [2.24, 2.45) is 0 Å². The second-order valence-corrected chi connectivity index (χ2v) is 7.09. The summed E-state index contributed by atoms with van der Waals surface area (Å²) in [6.45, 7) is 0. The van der Waals surface area contributed by atoms with E-state index in [0.29, 0.717) is 16.9 Å². The Bertz CT molecular complexity index is 864. The van der Waals surface area contributed by atoms with Crippen molar-refractivity contribution < 1.29 is 14.3 Å². The lowest BCUT2D eigenvalue weighted by atomic mass is 10.00. The Hall–Kier alpha value is -2.85. The second-order valence-electron chi connectivity index (χ2n) is 5.92. The molecule has 0 aliphatic carbocycles. The molecule has 136 valence electrons. The van der Waals surface area contributed by atoms with Gasteiger partial charge in [0.2, 0.25) is 5.78 Å². The van der Waals surface area contributed by atoms with Crippen LogP contribution in [0.15, 0.2) is 95.9 Å². The van der Waals surface area contributed by atoms with E-state index in [1.54, 1.807) is 48.2 Å². The number of hydrogen-bond acceptors (Lipinski definition) is 4. The lowest BCUT2D eigenvalue weighted by Gasteiger charge is -2.17. The van der Waals surface area contributed by atoms with E-state index in [0.717, 1.165) is 4.90 Å². The van der Waals surface area contributed by atoms with Crippen molar-refractivity contribution in [3.05, 3.63) is 102 Å². The quantitative estimate of drug-likeness (QED) is 0.302. The van der Waals surface area contributed by atoms with Gasteiger partial charge in [0.25, 0.3) is 0 Å². The number of benzene rings is 3. The monoisotopic (exact) mass is 376 g/mol. The smallest absolute Gasteiger partial charge is 0.307 e. The lowest BCUT2D eigenvalue weighted by Crippen LogP contribution is -2.20. The Morgan fingerprint density at radius 2 is 1.33 bits per heavy atom. The van der Waals surface area contributed by atoms with Crippen molar-refractivity contribution in [3.63, 3.8) is 0 Å². The zero-order valence-electron chi connectivity index (χ0n) is 14.8. The Balaban J connectivity index is 1.66. The summed E-state index contributed by atoms with van der Waals surface area (Å²) in [4.78, 5) is 26.4. The summed E-state index contributed by atoms with van der Waals surface area (Å²) in [6, 6.07) is 27.9. The molecule has 0 aliphatic rings. The molecule has 0 amide bonds. The van der Waals surface area contributed by atoms with Gasteiger partial charge in [-0.1, -0.05) is 78.9 Å². The number of thioether (sulfide) groups is 1. The van der Waals surface area contributed by atoms with E-state index in [2.05, 4.69) is 0 Å². The van der Waals surface area contributed by atoms with E-state index >= 15 is 0 Å². The average Bonchev–Trinajstić information content (AvgIpc) is 2.73. The molecule has 0 heterocycles. The van der Waals surface area contributed by atoms with E-state index in [4.69, 9.17) is 4.74 Å². The molecule has 3 rings (SSSR count). The normalized spacial score (nSPS) is 11.6. The predicted molar refractivity (Wildman–Crippen MR) is 108 cm³/mol. The molecule has 0 saturated heterocycles. The van der Waals surface area contributed by atoms with Crippen LogP contribution in [0.3, 0.4) is 0 Å². The summed E-state index contributed by atoms with van der Waals surface area (Å²) >= 11 is 1.59. The number of carbonyl (C=O) groups is 2. The van der Waals surface area contributed by atoms with Crippen LogP contribution in [0.25, 0.3) is 0 Å². The van der Waals surface area contributed by atoms with Crippen molar-refractivity contribution in [1.29, 1.82) is 0 Å². The molecule has 1 atom stereocenters. The van der Waals surface area contributed by atoms with Crippen LogP contribution in [0.5, 0.6) is 0 Å². The van der Waals surface area contributed by atoms with Crippen molar-refractivity contribution >= 4 is 23.5 Å². The third kappa shape index (κ3) is 5.56. The van der Waals surface area contributed by atoms with Gasteiger partial charge in [0, 0.05) is 21.8 Å². The number of carbonyl (C=O) groups excluding carboxylic acids is 2. The highest BCUT2D eigenvalue weighted by Gasteiger charge is 2.25. The highest BCUT2D eigenvalue weighted by molar-refractivity contribution is 7.99. The summed E-state index contributed by atoms with van der Waals surface area (Å²) in [5.74, 6) is 0.00610. The fourth-order valence-electron chi connectivity index (χ4n) is 2.61. The number of ether oxygens (including phenoxy) is 1. The lowest BCUT2D eigenvalue weighted by molar-refractivity contribution is -0.146. The van der Waals surface area contributed by atoms with Gasteiger partial charge >= 0.3 is 5.97 Å². The molecule has 0 spiro atoms.